The molecule has 0 saturated carbocycles. The molecule has 0 aliphatic carbocycles. The smallest absolute Gasteiger partial charge is 0.270 e. The van der Waals surface area contributed by atoms with Crippen LogP contribution in [0.2, 0.25) is 5.15 Å². The number of carbonyl (C=O) groups excluding carboxylic acids is 1. The molecule has 1 N–H and O–H groups in total. The van der Waals surface area contributed by atoms with Crippen molar-refractivity contribution in [3.63, 3.8) is 0 Å². The summed E-state index contributed by atoms with van der Waals surface area (Å²) in [5.74, 6) is 1.02. The number of aromatic nitrogens is 1. The summed E-state index contributed by atoms with van der Waals surface area (Å²) in [6.07, 6.45) is 2.36. The monoisotopic (exact) mass is 320 g/mol. The Morgan fingerprint density at radius 2 is 2.29 bits per heavy atom. The van der Waals surface area contributed by atoms with Crippen molar-refractivity contribution in [3.05, 3.63) is 41.2 Å². The van der Waals surface area contributed by atoms with E-state index in [4.69, 9.17) is 11.6 Å². The van der Waals surface area contributed by atoms with E-state index in [0.717, 1.165) is 17.2 Å². The van der Waals surface area contributed by atoms with Gasteiger partial charge in [0.1, 0.15) is 10.8 Å². The van der Waals surface area contributed by atoms with Crippen molar-refractivity contribution in [2.75, 3.05) is 12.3 Å². The largest absolute Gasteiger partial charge is 0.349 e. The van der Waals surface area contributed by atoms with E-state index < -0.39 is 0 Å². The minimum absolute atomic E-state index is 0.149. The van der Waals surface area contributed by atoms with E-state index in [1.807, 2.05) is 36.0 Å². The Labute approximate surface area is 133 Å². The van der Waals surface area contributed by atoms with Crippen LogP contribution in [0.1, 0.15) is 30.3 Å². The highest BCUT2D eigenvalue weighted by molar-refractivity contribution is 8.00. The van der Waals surface area contributed by atoms with Gasteiger partial charge in [0.25, 0.3) is 5.91 Å². The van der Waals surface area contributed by atoms with Gasteiger partial charge < -0.3 is 5.32 Å². The Kier molecular flexibility index (Phi) is 4.09. The highest BCUT2D eigenvalue weighted by atomic mass is 35.5. The summed E-state index contributed by atoms with van der Waals surface area (Å²) >= 11 is 8.09. The average Bonchev–Trinajstić information content (AvgIpc) is 2.92. The Bertz CT molecular complexity index is 683. The summed E-state index contributed by atoms with van der Waals surface area (Å²) in [4.78, 5) is 16.5. The quantitative estimate of drug-likeness (QED) is 0.872. The number of halogens is 1. The molecule has 5 heteroatoms. The fourth-order valence-electron chi connectivity index (χ4n) is 2.61. The number of hydrogen-bond donors (Lipinski definition) is 1. The lowest BCUT2D eigenvalue weighted by molar-refractivity contribution is 0.0945. The lowest BCUT2D eigenvalue weighted by atomic mass is 10.1. The van der Waals surface area contributed by atoms with Gasteiger partial charge in [-0.15, -0.1) is 0 Å². The maximum absolute atomic E-state index is 12.3. The first-order chi connectivity index (χ1) is 10.1. The first-order valence-corrected chi connectivity index (χ1v) is 8.41. The number of benzene rings is 1. The van der Waals surface area contributed by atoms with E-state index in [9.17, 15) is 4.79 Å². The number of thioether (sulfide) groups is 1. The van der Waals surface area contributed by atoms with Crippen molar-refractivity contribution < 1.29 is 4.79 Å². The summed E-state index contributed by atoms with van der Waals surface area (Å²) in [5, 5.41) is 5.17. The van der Waals surface area contributed by atoms with Gasteiger partial charge in [0.2, 0.25) is 0 Å². The van der Waals surface area contributed by atoms with Crippen molar-refractivity contribution in [1.29, 1.82) is 0 Å². The topological polar surface area (TPSA) is 42.0 Å². The van der Waals surface area contributed by atoms with E-state index in [2.05, 4.69) is 17.2 Å². The van der Waals surface area contributed by atoms with Crippen LogP contribution in [-0.4, -0.2) is 27.9 Å². The third-order valence-corrected chi connectivity index (χ3v) is 5.68. The number of pyridine rings is 1. The summed E-state index contributed by atoms with van der Waals surface area (Å²) in [6, 6.07) is 9.47. The molecule has 21 heavy (non-hydrogen) atoms. The molecule has 2 aromatic rings. The van der Waals surface area contributed by atoms with Gasteiger partial charge in [-0.2, -0.15) is 11.8 Å². The molecule has 3 nitrogen and oxygen atoms in total. The molecular weight excluding hydrogens is 304 g/mol. The van der Waals surface area contributed by atoms with Gasteiger partial charge in [0.05, 0.1) is 0 Å². The lowest BCUT2D eigenvalue weighted by Crippen LogP contribution is -2.37. The Morgan fingerprint density at radius 3 is 3.05 bits per heavy atom. The van der Waals surface area contributed by atoms with E-state index in [1.165, 1.54) is 12.2 Å². The molecule has 1 atom stereocenters. The van der Waals surface area contributed by atoms with Crippen LogP contribution in [-0.2, 0) is 0 Å². The highest BCUT2D eigenvalue weighted by Gasteiger charge is 2.30. The molecular formula is C16H17ClN2OS. The van der Waals surface area contributed by atoms with Gasteiger partial charge in [-0.25, -0.2) is 4.98 Å². The van der Waals surface area contributed by atoms with Crippen molar-refractivity contribution in [2.45, 2.75) is 24.5 Å². The van der Waals surface area contributed by atoms with Crippen molar-refractivity contribution in [3.8, 4) is 0 Å². The fourth-order valence-corrected chi connectivity index (χ4v) is 4.11. The average molecular weight is 321 g/mol. The maximum atomic E-state index is 12.3. The number of hydrogen-bond acceptors (Lipinski definition) is 3. The molecule has 0 radical (unpaired) electrons. The number of nitrogens with zero attached hydrogens (tertiary/aromatic N) is 1. The van der Waals surface area contributed by atoms with Gasteiger partial charge in [-0.05, 0) is 37.0 Å². The van der Waals surface area contributed by atoms with Crippen LogP contribution in [0.3, 0.4) is 0 Å². The zero-order valence-corrected chi connectivity index (χ0v) is 13.4. The van der Waals surface area contributed by atoms with E-state index in [1.54, 1.807) is 6.07 Å². The summed E-state index contributed by atoms with van der Waals surface area (Å²) in [5.41, 5.74) is 0.380. The summed E-state index contributed by atoms with van der Waals surface area (Å²) in [7, 11) is 0. The number of amides is 1. The van der Waals surface area contributed by atoms with Crippen molar-refractivity contribution >= 4 is 40.0 Å². The number of fused-ring (bicyclic) bond motifs is 1. The van der Waals surface area contributed by atoms with E-state index in [0.29, 0.717) is 17.4 Å². The second-order valence-corrected chi connectivity index (χ2v) is 7.64. The molecule has 3 rings (SSSR count). The molecule has 0 spiro atoms. The Morgan fingerprint density at radius 1 is 1.48 bits per heavy atom. The molecule has 1 aromatic heterocycles. The second-order valence-electron chi connectivity index (χ2n) is 5.60. The zero-order valence-electron chi connectivity index (χ0n) is 11.9. The standard InChI is InChI=1S/C16H17ClN2OS/c1-16(7-4-8-21-16)10-18-15(20)13-9-11-5-2-3-6-12(11)14(17)19-13/h2-3,5-6,9H,4,7-8,10H2,1H3,(H,18,20). The fraction of sp³-hybridized carbons (Fsp3) is 0.375. The first-order valence-electron chi connectivity index (χ1n) is 7.05. The van der Waals surface area contributed by atoms with E-state index in [-0.39, 0.29) is 10.7 Å². The SMILES string of the molecule is CC1(CNC(=O)c2cc3ccccc3c(Cl)n2)CCCS1. The molecule has 1 aliphatic rings. The molecule has 1 amide bonds. The third-order valence-electron chi connectivity index (χ3n) is 3.85. The molecule has 2 heterocycles. The van der Waals surface area contributed by atoms with Crippen LogP contribution >= 0.6 is 23.4 Å². The lowest BCUT2D eigenvalue weighted by Gasteiger charge is -2.22. The second kappa shape index (κ2) is 5.85. The number of nitrogens with one attached hydrogen (secondary N) is 1. The first kappa shape index (κ1) is 14.7. The number of rotatable bonds is 3. The molecule has 1 saturated heterocycles. The van der Waals surface area contributed by atoms with Crippen LogP contribution in [0.25, 0.3) is 10.8 Å². The van der Waals surface area contributed by atoms with Crippen LogP contribution in [0.15, 0.2) is 30.3 Å². The normalized spacial score (nSPS) is 21.6. The molecule has 1 unspecified atom stereocenters. The summed E-state index contributed by atoms with van der Waals surface area (Å²) in [6.45, 7) is 2.87. The zero-order chi connectivity index (χ0) is 14.9. The van der Waals surface area contributed by atoms with Crippen LogP contribution < -0.4 is 5.32 Å². The van der Waals surface area contributed by atoms with Gasteiger partial charge in [-0.3, -0.25) is 4.79 Å². The molecule has 1 fully saturated rings. The van der Waals surface area contributed by atoms with Crippen molar-refractivity contribution in [1.82, 2.24) is 10.3 Å². The van der Waals surface area contributed by atoms with Gasteiger partial charge in [-0.1, -0.05) is 35.9 Å². The van der Waals surface area contributed by atoms with Gasteiger partial charge in [0.15, 0.2) is 0 Å². The minimum atomic E-state index is -0.156. The number of carbonyl (C=O) groups is 1. The Balaban J connectivity index is 1.78. The maximum Gasteiger partial charge on any atom is 0.270 e. The predicted molar refractivity (Wildman–Crippen MR) is 89.2 cm³/mol. The summed E-state index contributed by atoms with van der Waals surface area (Å²) < 4.78 is 0.149. The molecule has 1 aliphatic heterocycles. The molecule has 110 valence electrons. The van der Waals surface area contributed by atoms with Gasteiger partial charge >= 0.3 is 0 Å². The minimum Gasteiger partial charge on any atom is -0.349 e. The Hall–Kier alpha value is -1.26. The van der Waals surface area contributed by atoms with Crippen LogP contribution in [0.5, 0.6) is 0 Å². The highest BCUT2D eigenvalue weighted by Crippen LogP contribution is 2.37. The van der Waals surface area contributed by atoms with Crippen molar-refractivity contribution in [2.24, 2.45) is 0 Å². The third kappa shape index (κ3) is 3.16. The van der Waals surface area contributed by atoms with Gasteiger partial charge in [0, 0.05) is 16.7 Å². The van der Waals surface area contributed by atoms with E-state index >= 15 is 0 Å². The molecule has 0 bridgehead atoms. The molecule has 1 aromatic carbocycles. The van der Waals surface area contributed by atoms with Crippen LogP contribution in [0, 0.1) is 0 Å². The predicted octanol–water partition coefficient (Wildman–Crippen LogP) is 3.90. The van der Waals surface area contributed by atoms with Crippen LogP contribution in [0.4, 0.5) is 0 Å².